The fourth-order valence-corrected chi connectivity index (χ4v) is 2.55. The van der Waals surface area contributed by atoms with E-state index in [2.05, 4.69) is 5.32 Å². The number of carbonyl (C=O) groups excluding carboxylic acids is 1. The quantitative estimate of drug-likeness (QED) is 0.649. The first-order valence-electron chi connectivity index (χ1n) is 6.82. The molecule has 1 saturated carbocycles. The average Bonchev–Trinajstić information content (AvgIpc) is 2.46. The molecular formula is C14H19N3O3. The summed E-state index contributed by atoms with van der Waals surface area (Å²) in [7, 11) is 0. The monoisotopic (exact) mass is 277 g/mol. The highest BCUT2D eigenvalue weighted by atomic mass is 16.6. The average molecular weight is 277 g/mol. The molecule has 2 rings (SSSR count). The highest BCUT2D eigenvalue weighted by Crippen LogP contribution is 2.25. The van der Waals surface area contributed by atoms with E-state index in [1.807, 2.05) is 0 Å². The molecule has 108 valence electrons. The van der Waals surface area contributed by atoms with E-state index in [1.165, 1.54) is 24.6 Å². The van der Waals surface area contributed by atoms with Crippen LogP contribution in [-0.2, 0) is 0 Å². The lowest BCUT2D eigenvalue weighted by Gasteiger charge is -2.33. The van der Waals surface area contributed by atoms with Gasteiger partial charge in [0.1, 0.15) is 0 Å². The molecule has 0 aromatic heterocycles. The van der Waals surface area contributed by atoms with Crippen LogP contribution >= 0.6 is 0 Å². The van der Waals surface area contributed by atoms with Gasteiger partial charge in [-0.3, -0.25) is 14.9 Å². The minimum atomic E-state index is -0.512. The van der Waals surface area contributed by atoms with Crippen molar-refractivity contribution in [2.75, 3.05) is 6.54 Å². The molecule has 1 aromatic rings. The number of non-ortho nitro benzene ring substituents is 1. The van der Waals surface area contributed by atoms with Crippen LogP contribution in [0, 0.1) is 10.1 Å². The molecule has 0 spiro atoms. The SMILES string of the molecule is NC1(CNC(=O)c2cccc([N+](=O)[O-])c2)CCCCC1. The summed E-state index contributed by atoms with van der Waals surface area (Å²) in [5, 5.41) is 13.5. The summed E-state index contributed by atoms with van der Waals surface area (Å²) < 4.78 is 0. The molecule has 1 aliphatic rings. The van der Waals surface area contributed by atoms with Gasteiger partial charge in [0.2, 0.25) is 0 Å². The number of nitro groups is 1. The number of benzene rings is 1. The minimum absolute atomic E-state index is 0.0854. The van der Waals surface area contributed by atoms with E-state index in [-0.39, 0.29) is 17.1 Å². The summed E-state index contributed by atoms with van der Waals surface area (Å²) >= 11 is 0. The third-order valence-electron chi connectivity index (χ3n) is 3.77. The minimum Gasteiger partial charge on any atom is -0.350 e. The summed E-state index contributed by atoms with van der Waals surface area (Å²) in [4.78, 5) is 22.2. The Morgan fingerprint density at radius 3 is 2.70 bits per heavy atom. The van der Waals surface area contributed by atoms with Gasteiger partial charge in [-0.1, -0.05) is 25.3 Å². The zero-order valence-corrected chi connectivity index (χ0v) is 11.3. The topological polar surface area (TPSA) is 98.3 Å². The van der Waals surface area contributed by atoms with Gasteiger partial charge in [-0.05, 0) is 18.9 Å². The largest absolute Gasteiger partial charge is 0.350 e. The molecule has 0 bridgehead atoms. The lowest BCUT2D eigenvalue weighted by Crippen LogP contribution is -2.51. The van der Waals surface area contributed by atoms with Gasteiger partial charge in [0.05, 0.1) is 4.92 Å². The smallest absolute Gasteiger partial charge is 0.270 e. The fourth-order valence-electron chi connectivity index (χ4n) is 2.55. The predicted molar refractivity (Wildman–Crippen MR) is 75.4 cm³/mol. The van der Waals surface area contributed by atoms with Crippen LogP contribution in [0.5, 0.6) is 0 Å². The number of nitrogens with zero attached hydrogens (tertiary/aromatic N) is 1. The first-order valence-corrected chi connectivity index (χ1v) is 6.82. The third kappa shape index (κ3) is 3.54. The molecular weight excluding hydrogens is 258 g/mol. The van der Waals surface area contributed by atoms with E-state index >= 15 is 0 Å². The van der Waals surface area contributed by atoms with Crippen molar-refractivity contribution in [2.24, 2.45) is 5.73 Å². The Labute approximate surface area is 117 Å². The Bertz CT molecular complexity index is 510. The first-order chi connectivity index (χ1) is 9.50. The molecule has 0 radical (unpaired) electrons. The molecule has 3 N–H and O–H groups in total. The number of rotatable bonds is 4. The standard InChI is InChI=1S/C14H19N3O3/c15-14(7-2-1-3-8-14)10-16-13(18)11-5-4-6-12(9-11)17(19)20/h4-6,9H,1-3,7-8,10,15H2,(H,16,18). The summed E-state index contributed by atoms with van der Waals surface area (Å²) in [5.41, 5.74) is 6.11. The van der Waals surface area contributed by atoms with Gasteiger partial charge in [0, 0.05) is 29.8 Å². The van der Waals surface area contributed by atoms with Crippen LogP contribution in [0.4, 0.5) is 5.69 Å². The zero-order valence-electron chi connectivity index (χ0n) is 11.3. The fraction of sp³-hybridized carbons (Fsp3) is 0.500. The van der Waals surface area contributed by atoms with Crippen molar-refractivity contribution in [1.82, 2.24) is 5.32 Å². The van der Waals surface area contributed by atoms with Crippen molar-refractivity contribution in [2.45, 2.75) is 37.6 Å². The van der Waals surface area contributed by atoms with Crippen molar-refractivity contribution in [3.8, 4) is 0 Å². The molecule has 20 heavy (non-hydrogen) atoms. The molecule has 1 fully saturated rings. The highest BCUT2D eigenvalue weighted by molar-refractivity contribution is 5.94. The predicted octanol–water partition coefficient (Wildman–Crippen LogP) is 1.99. The van der Waals surface area contributed by atoms with Gasteiger partial charge in [-0.2, -0.15) is 0 Å². The number of amides is 1. The van der Waals surface area contributed by atoms with Crippen LogP contribution in [0.3, 0.4) is 0 Å². The molecule has 6 heteroatoms. The third-order valence-corrected chi connectivity index (χ3v) is 3.77. The lowest BCUT2D eigenvalue weighted by atomic mass is 9.82. The van der Waals surface area contributed by atoms with E-state index < -0.39 is 4.92 Å². The Hall–Kier alpha value is -1.95. The molecule has 1 amide bonds. The van der Waals surface area contributed by atoms with Gasteiger partial charge in [-0.15, -0.1) is 0 Å². The van der Waals surface area contributed by atoms with E-state index in [0.29, 0.717) is 12.1 Å². The lowest BCUT2D eigenvalue weighted by molar-refractivity contribution is -0.384. The Balaban J connectivity index is 1.98. The molecule has 0 heterocycles. The van der Waals surface area contributed by atoms with Gasteiger partial charge < -0.3 is 11.1 Å². The summed E-state index contributed by atoms with van der Waals surface area (Å²) in [5.74, 6) is -0.316. The van der Waals surface area contributed by atoms with Crippen LogP contribution in [0.25, 0.3) is 0 Å². The Morgan fingerprint density at radius 1 is 1.35 bits per heavy atom. The van der Waals surface area contributed by atoms with E-state index in [1.54, 1.807) is 6.07 Å². The van der Waals surface area contributed by atoms with Gasteiger partial charge in [-0.25, -0.2) is 0 Å². The van der Waals surface area contributed by atoms with Crippen LogP contribution in [-0.4, -0.2) is 22.9 Å². The normalized spacial score (nSPS) is 17.4. The number of hydrogen-bond donors (Lipinski definition) is 2. The molecule has 0 saturated heterocycles. The number of nitrogens with two attached hydrogens (primary N) is 1. The van der Waals surface area contributed by atoms with E-state index in [0.717, 1.165) is 25.7 Å². The van der Waals surface area contributed by atoms with Crippen LogP contribution in [0.15, 0.2) is 24.3 Å². The highest BCUT2D eigenvalue weighted by Gasteiger charge is 2.27. The second-order valence-corrected chi connectivity index (χ2v) is 5.41. The second-order valence-electron chi connectivity index (χ2n) is 5.41. The van der Waals surface area contributed by atoms with Crippen LogP contribution in [0.2, 0.25) is 0 Å². The molecule has 0 unspecified atom stereocenters. The molecule has 6 nitrogen and oxygen atoms in total. The van der Waals surface area contributed by atoms with Crippen molar-refractivity contribution in [3.63, 3.8) is 0 Å². The number of nitrogens with one attached hydrogen (secondary N) is 1. The number of hydrogen-bond acceptors (Lipinski definition) is 4. The summed E-state index contributed by atoms with van der Waals surface area (Å²) in [6.07, 6.45) is 5.18. The van der Waals surface area contributed by atoms with Gasteiger partial charge in [0.25, 0.3) is 11.6 Å². The first kappa shape index (κ1) is 14.5. The summed E-state index contributed by atoms with van der Waals surface area (Å²) in [6.45, 7) is 0.411. The van der Waals surface area contributed by atoms with Crippen molar-refractivity contribution in [1.29, 1.82) is 0 Å². The van der Waals surface area contributed by atoms with Crippen molar-refractivity contribution in [3.05, 3.63) is 39.9 Å². The molecule has 0 aliphatic heterocycles. The van der Waals surface area contributed by atoms with Gasteiger partial charge in [0.15, 0.2) is 0 Å². The Kier molecular flexibility index (Phi) is 4.34. The van der Waals surface area contributed by atoms with Crippen LogP contribution < -0.4 is 11.1 Å². The van der Waals surface area contributed by atoms with E-state index in [9.17, 15) is 14.9 Å². The van der Waals surface area contributed by atoms with E-state index in [4.69, 9.17) is 5.73 Å². The number of carbonyl (C=O) groups is 1. The maximum Gasteiger partial charge on any atom is 0.270 e. The molecule has 0 atom stereocenters. The molecule has 1 aliphatic carbocycles. The second kappa shape index (κ2) is 6.00. The number of nitro benzene ring substituents is 1. The van der Waals surface area contributed by atoms with Crippen molar-refractivity contribution >= 4 is 11.6 Å². The van der Waals surface area contributed by atoms with Crippen LogP contribution in [0.1, 0.15) is 42.5 Å². The summed E-state index contributed by atoms with van der Waals surface area (Å²) in [6, 6.07) is 5.71. The maximum atomic E-state index is 12.0. The van der Waals surface area contributed by atoms with Gasteiger partial charge >= 0.3 is 0 Å². The Morgan fingerprint density at radius 2 is 2.05 bits per heavy atom. The van der Waals surface area contributed by atoms with Crippen molar-refractivity contribution < 1.29 is 9.72 Å². The molecule has 1 aromatic carbocycles. The maximum absolute atomic E-state index is 12.0. The zero-order chi connectivity index (χ0) is 14.6.